The summed E-state index contributed by atoms with van der Waals surface area (Å²) in [4.78, 5) is 12.5. The van der Waals surface area contributed by atoms with Gasteiger partial charge in [-0.25, -0.2) is 0 Å². The van der Waals surface area contributed by atoms with Gasteiger partial charge in [-0.05, 0) is 57.8 Å². The van der Waals surface area contributed by atoms with Gasteiger partial charge in [-0.3, -0.25) is 4.79 Å². The average molecular weight is 957 g/mol. The van der Waals surface area contributed by atoms with Gasteiger partial charge in [0.05, 0.1) is 31.3 Å². The standard InChI is InChI=1S/C63H121NO4/c1-3-5-7-9-11-13-15-17-19-21-23-25-27-29-30-31-32-33-34-36-38-40-42-44-46-48-50-52-54-56-60(66)58-63(68)64-61(59-65)62(67)57-55-53-51-49-47-45-43-41-39-37-35-28-26-24-22-20-18-16-14-12-10-8-6-4-2/h29-30,47,49,55,57,60-62,65-67H,3-28,31-46,48,50-54,56,58-59H2,1-2H3,(H,64,68)/b30-29-,49-47+,57-55+. The fourth-order valence-electron chi connectivity index (χ4n) is 9.71. The molecule has 1 amide bonds. The molecule has 5 nitrogen and oxygen atoms in total. The average Bonchev–Trinajstić information content (AvgIpc) is 3.33. The monoisotopic (exact) mass is 956 g/mol. The molecule has 0 spiro atoms. The summed E-state index contributed by atoms with van der Waals surface area (Å²) in [5.41, 5.74) is 0. The first-order chi connectivity index (χ1) is 33.5. The van der Waals surface area contributed by atoms with Gasteiger partial charge in [0, 0.05) is 0 Å². The van der Waals surface area contributed by atoms with Crippen molar-refractivity contribution in [1.82, 2.24) is 5.32 Å². The van der Waals surface area contributed by atoms with Gasteiger partial charge in [-0.1, -0.05) is 307 Å². The number of aliphatic hydroxyl groups is 3. The van der Waals surface area contributed by atoms with Crippen LogP contribution in [0.5, 0.6) is 0 Å². The molecule has 0 saturated heterocycles. The number of amides is 1. The number of unbranched alkanes of at least 4 members (excludes halogenated alkanes) is 44. The molecule has 68 heavy (non-hydrogen) atoms. The number of carbonyl (C=O) groups excluding carboxylic acids is 1. The summed E-state index contributed by atoms with van der Waals surface area (Å²) >= 11 is 0. The highest BCUT2D eigenvalue weighted by molar-refractivity contribution is 5.76. The third-order valence-corrected chi connectivity index (χ3v) is 14.4. The number of aliphatic hydroxyl groups excluding tert-OH is 3. The van der Waals surface area contributed by atoms with Gasteiger partial charge < -0.3 is 20.6 Å². The van der Waals surface area contributed by atoms with E-state index in [1.54, 1.807) is 6.08 Å². The number of hydrogen-bond donors (Lipinski definition) is 4. The van der Waals surface area contributed by atoms with Crippen molar-refractivity contribution in [3.63, 3.8) is 0 Å². The summed E-state index contributed by atoms with van der Waals surface area (Å²) in [7, 11) is 0. The Hall–Kier alpha value is -1.43. The predicted molar refractivity (Wildman–Crippen MR) is 301 cm³/mol. The zero-order chi connectivity index (χ0) is 49.3. The van der Waals surface area contributed by atoms with E-state index in [1.165, 1.54) is 276 Å². The van der Waals surface area contributed by atoms with E-state index in [9.17, 15) is 20.1 Å². The Morgan fingerprint density at radius 2 is 0.632 bits per heavy atom. The lowest BCUT2D eigenvalue weighted by atomic mass is 10.0. The Kier molecular flexibility index (Phi) is 56.9. The molecule has 0 bridgehead atoms. The molecule has 0 aliphatic heterocycles. The fraction of sp³-hybridized carbons (Fsp3) is 0.889. The Labute approximate surface area is 425 Å². The van der Waals surface area contributed by atoms with E-state index in [0.717, 1.165) is 32.1 Å². The summed E-state index contributed by atoms with van der Waals surface area (Å²) < 4.78 is 0. The van der Waals surface area contributed by atoms with E-state index in [2.05, 4.69) is 43.5 Å². The van der Waals surface area contributed by atoms with E-state index < -0.39 is 18.2 Å². The van der Waals surface area contributed by atoms with Crippen molar-refractivity contribution in [2.75, 3.05) is 6.61 Å². The van der Waals surface area contributed by atoms with Crippen LogP contribution in [0.1, 0.15) is 335 Å². The minimum atomic E-state index is -0.953. The molecule has 0 aliphatic carbocycles. The third kappa shape index (κ3) is 53.9. The molecular formula is C63H121NO4. The second-order valence-electron chi connectivity index (χ2n) is 21.3. The minimum Gasteiger partial charge on any atom is -0.394 e. The maximum Gasteiger partial charge on any atom is 0.222 e. The number of nitrogens with one attached hydrogen (secondary N) is 1. The van der Waals surface area contributed by atoms with Crippen LogP contribution in [0, 0.1) is 0 Å². The summed E-state index contributed by atoms with van der Waals surface area (Å²) in [6.07, 6.45) is 76.5. The van der Waals surface area contributed by atoms with Crippen molar-refractivity contribution >= 4 is 5.91 Å². The number of carbonyl (C=O) groups is 1. The summed E-state index contributed by atoms with van der Waals surface area (Å²) in [6, 6.07) is -0.762. The lowest BCUT2D eigenvalue weighted by molar-refractivity contribution is -0.124. The molecule has 0 rings (SSSR count). The predicted octanol–water partition coefficient (Wildman–Crippen LogP) is 19.4. The molecule has 0 aromatic carbocycles. The van der Waals surface area contributed by atoms with Crippen molar-refractivity contribution in [2.45, 2.75) is 353 Å². The number of rotatable bonds is 57. The highest BCUT2D eigenvalue weighted by Crippen LogP contribution is 2.18. The molecular weight excluding hydrogens is 835 g/mol. The molecule has 0 fully saturated rings. The Morgan fingerprint density at radius 3 is 0.941 bits per heavy atom. The zero-order valence-corrected chi connectivity index (χ0v) is 46.0. The van der Waals surface area contributed by atoms with Crippen LogP contribution >= 0.6 is 0 Å². The quantitative estimate of drug-likeness (QED) is 0.0361. The van der Waals surface area contributed by atoms with Gasteiger partial charge in [0.25, 0.3) is 0 Å². The highest BCUT2D eigenvalue weighted by Gasteiger charge is 2.20. The van der Waals surface area contributed by atoms with Crippen LogP contribution in [-0.4, -0.2) is 46.1 Å². The maximum atomic E-state index is 12.5. The lowest BCUT2D eigenvalue weighted by Crippen LogP contribution is -2.45. The first-order valence-electron chi connectivity index (χ1n) is 30.8. The van der Waals surface area contributed by atoms with Gasteiger partial charge in [-0.15, -0.1) is 0 Å². The van der Waals surface area contributed by atoms with Crippen molar-refractivity contribution < 1.29 is 20.1 Å². The summed E-state index contributed by atoms with van der Waals surface area (Å²) in [6.45, 7) is 4.24. The van der Waals surface area contributed by atoms with Crippen molar-refractivity contribution in [3.8, 4) is 0 Å². The molecule has 402 valence electrons. The molecule has 0 saturated carbocycles. The fourth-order valence-corrected chi connectivity index (χ4v) is 9.71. The second-order valence-corrected chi connectivity index (χ2v) is 21.3. The molecule has 5 heteroatoms. The van der Waals surface area contributed by atoms with E-state index >= 15 is 0 Å². The van der Waals surface area contributed by atoms with Gasteiger partial charge in [0.15, 0.2) is 0 Å². The smallest absolute Gasteiger partial charge is 0.222 e. The van der Waals surface area contributed by atoms with Crippen LogP contribution in [0.25, 0.3) is 0 Å². The van der Waals surface area contributed by atoms with Crippen LogP contribution in [-0.2, 0) is 4.79 Å². The lowest BCUT2D eigenvalue weighted by Gasteiger charge is -2.21. The third-order valence-electron chi connectivity index (χ3n) is 14.4. The van der Waals surface area contributed by atoms with Crippen LogP contribution < -0.4 is 5.32 Å². The topological polar surface area (TPSA) is 89.8 Å². The van der Waals surface area contributed by atoms with E-state index in [1.807, 2.05) is 6.08 Å². The molecule has 0 heterocycles. The number of allylic oxidation sites excluding steroid dienone is 5. The summed E-state index contributed by atoms with van der Waals surface area (Å²) in [5, 5.41) is 33.5. The Balaban J connectivity index is 3.56. The van der Waals surface area contributed by atoms with Crippen LogP contribution in [0.3, 0.4) is 0 Å². The SMILES string of the molecule is CCCCCCCCCCCCCC/C=C\CCCCCCCCCCCCCCCC(O)CC(=O)NC(CO)C(O)/C=C/CC/C=C/CCCCCCCCCCCCCCCCCCCC. The highest BCUT2D eigenvalue weighted by atomic mass is 16.3. The van der Waals surface area contributed by atoms with E-state index in [4.69, 9.17) is 0 Å². The molecule has 3 unspecified atom stereocenters. The van der Waals surface area contributed by atoms with Crippen LogP contribution in [0.2, 0.25) is 0 Å². The number of hydrogen-bond acceptors (Lipinski definition) is 4. The molecule has 0 radical (unpaired) electrons. The second kappa shape index (κ2) is 58.1. The zero-order valence-electron chi connectivity index (χ0n) is 46.0. The molecule has 0 aliphatic rings. The molecule has 4 N–H and O–H groups in total. The van der Waals surface area contributed by atoms with Crippen molar-refractivity contribution in [2.24, 2.45) is 0 Å². The van der Waals surface area contributed by atoms with E-state index in [0.29, 0.717) is 6.42 Å². The Bertz CT molecular complexity index is 1060. The molecule has 0 aromatic heterocycles. The first-order valence-corrected chi connectivity index (χ1v) is 30.8. The largest absolute Gasteiger partial charge is 0.394 e. The normalized spacial score (nSPS) is 13.4. The van der Waals surface area contributed by atoms with Crippen molar-refractivity contribution in [3.05, 3.63) is 36.5 Å². The first kappa shape index (κ1) is 66.6. The minimum absolute atomic E-state index is 0.00773. The maximum absolute atomic E-state index is 12.5. The van der Waals surface area contributed by atoms with Gasteiger partial charge in [0.1, 0.15) is 0 Å². The molecule has 3 atom stereocenters. The van der Waals surface area contributed by atoms with Crippen LogP contribution in [0.15, 0.2) is 36.5 Å². The van der Waals surface area contributed by atoms with Gasteiger partial charge in [0.2, 0.25) is 5.91 Å². The van der Waals surface area contributed by atoms with Crippen LogP contribution in [0.4, 0.5) is 0 Å². The van der Waals surface area contributed by atoms with Crippen molar-refractivity contribution in [1.29, 1.82) is 0 Å². The van der Waals surface area contributed by atoms with Gasteiger partial charge in [-0.2, -0.15) is 0 Å². The molecule has 0 aromatic rings. The Morgan fingerprint density at radius 1 is 0.368 bits per heavy atom. The van der Waals surface area contributed by atoms with Gasteiger partial charge >= 0.3 is 0 Å². The summed E-state index contributed by atoms with van der Waals surface area (Å²) in [5.74, 6) is -0.320. The van der Waals surface area contributed by atoms with E-state index in [-0.39, 0.29) is 18.9 Å².